The van der Waals surface area contributed by atoms with Crippen LogP contribution in [0.1, 0.15) is 23.2 Å². The molecule has 0 aliphatic carbocycles. The van der Waals surface area contributed by atoms with Crippen LogP contribution < -0.4 is 15.0 Å². The van der Waals surface area contributed by atoms with Gasteiger partial charge in [-0.3, -0.25) is 9.36 Å². The van der Waals surface area contributed by atoms with E-state index >= 15 is 0 Å². The second kappa shape index (κ2) is 7.63. The minimum atomic E-state index is -0.0839. The predicted octanol–water partition coefficient (Wildman–Crippen LogP) is 3.26. The van der Waals surface area contributed by atoms with E-state index in [1.807, 2.05) is 24.3 Å². The normalized spacial score (nSPS) is 10.7. The van der Waals surface area contributed by atoms with Crippen LogP contribution in [0.5, 0.6) is 11.5 Å². The van der Waals surface area contributed by atoms with Gasteiger partial charge in [-0.25, -0.2) is 4.98 Å². The Morgan fingerprint density at radius 2 is 2.00 bits per heavy atom. The zero-order chi connectivity index (χ0) is 18.7. The van der Waals surface area contributed by atoms with E-state index in [0.29, 0.717) is 29.1 Å². The molecule has 0 fully saturated rings. The summed E-state index contributed by atoms with van der Waals surface area (Å²) >= 11 is 1.56. The summed E-state index contributed by atoms with van der Waals surface area (Å²) in [6, 6.07) is 7.59. The van der Waals surface area contributed by atoms with E-state index in [1.165, 1.54) is 0 Å². The SMILES string of the molecule is C#CCn1c(Cc2ccc(OC)c(OC)c2)nc2sc(CC)cc2c1=O. The fraction of sp³-hybridized carbons (Fsp3) is 0.300. The number of rotatable bonds is 6. The van der Waals surface area contributed by atoms with Crippen molar-refractivity contribution in [2.75, 3.05) is 14.2 Å². The molecular weight excluding hydrogens is 348 g/mol. The molecule has 0 spiro atoms. The van der Waals surface area contributed by atoms with Gasteiger partial charge in [0.15, 0.2) is 11.5 Å². The first kappa shape index (κ1) is 18.0. The minimum absolute atomic E-state index is 0.0839. The number of nitrogens with zero attached hydrogens (tertiary/aromatic N) is 2. The first-order valence-electron chi connectivity index (χ1n) is 8.27. The van der Waals surface area contributed by atoms with Gasteiger partial charge in [-0.2, -0.15) is 0 Å². The van der Waals surface area contributed by atoms with E-state index in [4.69, 9.17) is 20.9 Å². The van der Waals surface area contributed by atoms with Crippen molar-refractivity contribution in [3.63, 3.8) is 0 Å². The van der Waals surface area contributed by atoms with Gasteiger partial charge in [0, 0.05) is 11.3 Å². The summed E-state index contributed by atoms with van der Waals surface area (Å²) in [6.45, 7) is 2.26. The summed E-state index contributed by atoms with van der Waals surface area (Å²) < 4.78 is 12.2. The summed E-state index contributed by atoms with van der Waals surface area (Å²) in [6.07, 6.45) is 6.83. The fourth-order valence-electron chi connectivity index (χ4n) is 2.84. The minimum Gasteiger partial charge on any atom is -0.493 e. The van der Waals surface area contributed by atoms with E-state index in [2.05, 4.69) is 12.8 Å². The zero-order valence-corrected chi connectivity index (χ0v) is 15.9. The van der Waals surface area contributed by atoms with Crippen LogP contribution in [0.15, 0.2) is 29.1 Å². The van der Waals surface area contributed by atoms with Crippen LogP contribution in [0, 0.1) is 12.3 Å². The Morgan fingerprint density at radius 1 is 1.23 bits per heavy atom. The molecule has 0 aliphatic heterocycles. The first-order chi connectivity index (χ1) is 12.6. The highest BCUT2D eigenvalue weighted by Crippen LogP contribution is 2.29. The van der Waals surface area contributed by atoms with Crippen LogP contribution in [0.3, 0.4) is 0 Å². The lowest BCUT2D eigenvalue weighted by Gasteiger charge is -2.12. The number of hydrogen-bond acceptors (Lipinski definition) is 5. The molecule has 2 aromatic heterocycles. The lowest BCUT2D eigenvalue weighted by molar-refractivity contribution is 0.354. The van der Waals surface area contributed by atoms with Gasteiger partial charge < -0.3 is 9.47 Å². The van der Waals surface area contributed by atoms with Crippen molar-refractivity contribution in [3.05, 3.63) is 50.9 Å². The molecule has 26 heavy (non-hydrogen) atoms. The van der Waals surface area contributed by atoms with Crippen LogP contribution in [0.25, 0.3) is 10.2 Å². The molecule has 0 aliphatic rings. The topological polar surface area (TPSA) is 53.4 Å². The molecule has 0 unspecified atom stereocenters. The number of ether oxygens (including phenoxy) is 2. The Labute approximate surface area is 156 Å². The number of fused-ring (bicyclic) bond motifs is 1. The monoisotopic (exact) mass is 368 g/mol. The van der Waals surface area contributed by atoms with Crippen LogP contribution in [0.4, 0.5) is 0 Å². The highest BCUT2D eigenvalue weighted by atomic mass is 32.1. The molecule has 3 rings (SSSR count). The van der Waals surface area contributed by atoms with Gasteiger partial charge in [0.1, 0.15) is 10.7 Å². The molecule has 0 amide bonds. The highest BCUT2D eigenvalue weighted by molar-refractivity contribution is 7.18. The summed E-state index contributed by atoms with van der Waals surface area (Å²) in [7, 11) is 3.19. The van der Waals surface area contributed by atoms with Crippen molar-refractivity contribution in [1.82, 2.24) is 9.55 Å². The quantitative estimate of drug-likeness (QED) is 0.627. The molecular formula is C20H20N2O3S. The third kappa shape index (κ3) is 3.31. The number of benzene rings is 1. The van der Waals surface area contributed by atoms with Crippen LogP contribution in [-0.4, -0.2) is 23.8 Å². The maximum absolute atomic E-state index is 12.9. The maximum Gasteiger partial charge on any atom is 0.263 e. The van der Waals surface area contributed by atoms with Gasteiger partial charge in [0.2, 0.25) is 0 Å². The summed E-state index contributed by atoms with van der Waals surface area (Å²) in [5.41, 5.74) is 0.881. The smallest absolute Gasteiger partial charge is 0.263 e. The molecule has 0 saturated carbocycles. The lowest BCUT2D eigenvalue weighted by Crippen LogP contribution is -2.24. The van der Waals surface area contributed by atoms with Crippen LogP contribution >= 0.6 is 11.3 Å². The van der Waals surface area contributed by atoms with Crippen molar-refractivity contribution in [3.8, 4) is 23.8 Å². The number of aromatic nitrogens is 2. The van der Waals surface area contributed by atoms with Gasteiger partial charge >= 0.3 is 0 Å². The highest BCUT2D eigenvalue weighted by Gasteiger charge is 2.15. The Balaban J connectivity index is 2.10. The van der Waals surface area contributed by atoms with Crippen molar-refractivity contribution in [2.45, 2.75) is 26.3 Å². The van der Waals surface area contributed by atoms with Gasteiger partial charge in [-0.05, 0) is 30.2 Å². The Hall–Kier alpha value is -2.78. The van der Waals surface area contributed by atoms with E-state index in [9.17, 15) is 4.79 Å². The average molecular weight is 368 g/mol. The van der Waals surface area contributed by atoms with Gasteiger partial charge in [-0.15, -0.1) is 17.8 Å². The summed E-state index contributed by atoms with van der Waals surface area (Å²) in [5.74, 6) is 4.51. The summed E-state index contributed by atoms with van der Waals surface area (Å²) in [4.78, 5) is 19.5. The van der Waals surface area contributed by atoms with Crippen molar-refractivity contribution in [1.29, 1.82) is 0 Å². The Morgan fingerprint density at radius 3 is 2.65 bits per heavy atom. The largest absolute Gasteiger partial charge is 0.493 e. The van der Waals surface area contributed by atoms with Crippen LogP contribution in [0.2, 0.25) is 0 Å². The second-order valence-electron chi connectivity index (χ2n) is 5.77. The van der Waals surface area contributed by atoms with E-state index in [0.717, 1.165) is 21.7 Å². The van der Waals surface area contributed by atoms with Crippen molar-refractivity contribution in [2.24, 2.45) is 0 Å². The molecule has 6 heteroatoms. The standard InChI is InChI=1S/C20H20N2O3S/c1-5-9-22-18(11-13-7-8-16(24-3)17(10-13)25-4)21-19-15(20(22)23)12-14(6-2)26-19/h1,7-8,10,12H,6,9,11H2,2-4H3. The third-order valence-electron chi connectivity index (χ3n) is 4.19. The summed E-state index contributed by atoms with van der Waals surface area (Å²) in [5, 5.41) is 0.637. The molecule has 0 radical (unpaired) electrons. The second-order valence-corrected chi connectivity index (χ2v) is 6.89. The van der Waals surface area contributed by atoms with E-state index in [1.54, 1.807) is 30.1 Å². The molecule has 0 saturated heterocycles. The third-order valence-corrected chi connectivity index (χ3v) is 5.36. The molecule has 0 atom stereocenters. The van der Waals surface area contributed by atoms with Crippen molar-refractivity contribution >= 4 is 21.6 Å². The fourth-order valence-corrected chi connectivity index (χ4v) is 3.82. The van der Waals surface area contributed by atoms with E-state index in [-0.39, 0.29) is 12.1 Å². The molecule has 0 bridgehead atoms. The number of thiophene rings is 1. The number of terminal acetylenes is 1. The first-order valence-corrected chi connectivity index (χ1v) is 9.09. The number of methoxy groups -OCH3 is 2. The van der Waals surface area contributed by atoms with Gasteiger partial charge in [0.25, 0.3) is 5.56 Å². The van der Waals surface area contributed by atoms with Crippen molar-refractivity contribution < 1.29 is 9.47 Å². The molecule has 5 nitrogen and oxygen atoms in total. The maximum atomic E-state index is 12.9. The molecule has 2 heterocycles. The average Bonchev–Trinajstić information content (AvgIpc) is 3.08. The zero-order valence-electron chi connectivity index (χ0n) is 15.0. The van der Waals surface area contributed by atoms with Crippen LogP contribution in [-0.2, 0) is 19.4 Å². The molecule has 0 N–H and O–H groups in total. The lowest BCUT2D eigenvalue weighted by atomic mass is 10.1. The number of aryl methyl sites for hydroxylation is 1. The van der Waals surface area contributed by atoms with Gasteiger partial charge in [-0.1, -0.05) is 18.9 Å². The Kier molecular flexibility index (Phi) is 5.29. The molecule has 134 valence electrons. The molecule has 1 aromatic carbocycles. The van der Waals surface area contributed by atoms with E-state index < -0.39 is 0 Å². The van der Waals surface area contributed by atoms with Gasteiger partial charge in [0.05, 0.1) is 26.2 Å². The molecule has 3 aromatic rings. The predicted molar refractivity (Wildman–Crippen MR) is 104 cm³/mol. The Bertz CT molecular complexity index is 1040. The number of hydrogen-bond donors (Lipinski definition) is 0.